The molecule has 180 valence electrons. The molecule has 1 aromatic carbocycles. The maximum atomic E-state index is 7.63. The Bertz CT molecular complexity index is 994. The molecule has 1 fully saturated rings. The molecule has 0 radical (unpaired) electrons. The predicted octanol–water partition coefficient (Wildman–Crippen LogP) is 3.99. The van der Waals surface area contributed by atoms with Crippen molar-refractivity contribution in [3.63, 3.8) is 0 Å². The Morgan fingerprint density at radius 3 is 2.88 bits per heavy atom. The molecule has 2 aliphatic heterocycles. The third kappa shape index (κ3) is 6.86. The number of aliphatic imine (C=N–C) groups is 1. The number of nitrogens with one attached hydrogen (secondary N) is 3. The van der Waals surface area contributed by atoms with Crippen LogP contribution in [0, 0.1) is 11.3 Å². The van der Waals surface area contributed by atoms with Crippen molar-refractivity contribution < 1.29 is 0 Å². The molecule has 1 aromatic rings. The number of benzene rings is 1. The number of allylic oxidation sites excluding steroid dienone is 3. The van der Waals surface area contributed by atoms with E-state index in [1.54, 1.807) is 0 Å². The molecule has 0 saturated carbocycles. The van der Waals surface area contributed by atoms with Crippen molar-refractivity contribution >= 4 is 17.7 Å². The Morgan fingerprint density at radius 1 is 1.21 bits per heavy atom. The van der Waals surface area contributed by atoms with Gasteiger partial charge in [-0.05, 0) is 76.0 Å². The van der Waals surface area contributed by atoms with E-state index in [-0.39, 0.29) is 12.0 Å². The van der Waals surface area contributed by atoms with Gasteiger partial charge in [-0.2, -0.15) is 0 Å². The summed E-state index contributed by atoms with van der Waals surface area (Å²) >= 11 is 0. The molecule has 0 amide bonds. The normalized spacial score (nSPS) is 24.4. The second kappa shape index (κ2) is 12.1. The van der Waals surface area contributed by atoms with Gasteiger partial charge in [0.2, 0.25) is 0 Å². The number of nitrogens with two attached hydrogens (primary N) is 1. The van der Waals surface area contributed by atoms with Crippen LogP contribution in [0.4, 0.5) is 0 Å². The van der Waals surface area contributed by atoms with Crippen LogP contribution < -0.4 is 16.4 Å². The largest absolute Gasteiger partial charge is 0.340 e. The van der Waals surface area contributed by atoms with Gasteiger partial charge in [0.25, 0.3) is 0 Å². The molecule has 0 bridgehead atoms. The Kier molecular flexibility index (Phi) is 8.63. The van der Waals surface area contributed by atoms with Gasteiger partial charge in [-0.3, -0.25) is 0 Å². The van der Waals surface area contributed by atoms with E-state index in [9.17, 15) is 0 Å². The molecule has 6 heteroatoms. The zero-order valence-electron chi connectivity index (χ0n) is 20.2. The lowest BCUT2D eigenvalue weighted by Crippen LogP contribution is -2.40. The van der Waals surface area contributed by atoms with Crippen LogP contribution in [0.1, 0.15) is 43.2 Å². The number of hydrogen-bond acceptors (Lipinski definition) is 6. The summed E-state index contributed by atoms with van der Waals surface area (Å²) < 4.78 is 0. The average molecular weight is 459 g/mol. The maximum absolute atomic E-state index is 7.63. The molecule has 3 aliphatic rings. The van der Waals surface area contributed by atoms with E-state index in [4.69, 9.17) is 16.1 Å². The number of likely N-dealkylation sites (tertiary alicyclic amines) is 1. The summed E-state index contributed by atoms with van der Waals surface area (Å²) in [6, 6.07) is 9.19. The third-order valence-electron chi connectivity index (χ3n) is 6.74. The topological polar surface area (TPSA) is 89.5 Å². The molecule has 34 heavy (non-hydrogen) atoms. The molecular formula is C28H38N6. The number of nitrogens with zero attached hydrogens (tertiary/aromatic N) is 2. The highest BCUT2D eigenvalue weighted by Crippen LogP contribution is 2.22. The summed E-state index contributed by atoms with van der Waals surface area (Å²) in [5.74, 6) is 0.704. The standard InChI is InChI=1S/C28H38N6/c1-34-15-13-24(14-16-34)31-20-21-7-6-8-22(17-21)27-9-4-2-3-5-10-28(33-27)32-25-11-12-26(30)23(18-25)19-29/h5-12,17-19,23-24,26,29,31H,2-4,13-16,20,30H2,1H3,(H,32,33). The third-order valence-corrected chi connectivity index (χ3v) is 6.74. The van der Waals surface area contributed by atoms with Crippen molar-refractivity contribution in [3.8, 4) is 0 Å². The van der Waals surface area contributed by atoms with Crippen molar-refractivity contribution in [1.29, 1.82) is 5.41 Å². The number of rotatable bonds is 6. The van der Waals surface area contributed by atoms with E-state index in [0.717, 1.165) is 48.6 Å². The zero-order chi connectivity index (χ0) is 23.8. The predicted molar refractivity (Wildman–Crippen MR) is 143 cm³/mol. The van der Waals surface area contributed by atoms with Gasteiger partial charge in [0.15, 0.2) is 0 Å². The first-order valence-electron chi connectivity index (χ1n) is 12.5. The highest BCUT2D eigenvalue weighted by atomic mass is 15.1. The summed E-state index contributed by atoms with van der Waals surface area (Å²) in [4.78, 5) is 7.42. The molecule has 2 atom stereocenters. The summed E-state index contributed by atoms with van der Waals surface area (Å²) in [6.07, 6.45) is 19.4. The Balaban J connectivity index is 1.49. The summed E-state index contributed by atoms with van der Waals surface area (Å²) in [5, 5.41) is 14.8. The summed E-state index contributed by atoms with van der Waals surface area (Å²) in [6.45, 7) is 3.22. The van der Waals surface area contributed by atoms with Crippen molar-refractivity contribution in [3.05, 3.63) is 77.5 Å². The molecule has 2 unspecified atom stereocenters. The van der Waals surface area contributed by atoms with Gasteiger partial charge in [-0.1, -0.05) is 42.5 Å². The molecule has 4 rings (SSSR count). The minimum atomic E-state index is -0.151. The number of amidine groups is 1. The van der Waals surface area contributed by atoms with E-state index >= 15 is 0 Å². The first-order valence-corrected chi connectivity index (χ1v) is 12.5. The molecule has 6 nitrogen and oxygen atoms in total. The average Bonchev–Trinajstić information content (AvgIpc) is 2.97. The van der Waals surface area contributed by atoms with Crippen LogP contribution in [-0.2, 0) is 6.54 Å². The quantitative estimate of drug-likeness (QED) is 0.486. The summed E-state index contributed by atoms with van der Waals surface area (Å²) in [5.41, 5.74) is 10.4. The van der Waals surface area contributed by atoms with Crippen LogP contribution in [0.5, 0.6) is 0 Å². The molecule has 0 spiro atoms. The maximum Gasteiger partial charge on any atom is 0.130 e. The van der Waals surface area contributed by atoms with Gasteiger partial charge in [0.1, 0.15) is 5.84 Å². The second-order valence-electron chi connectivity index (χ2n) is 9.51. The smallest absolute Gasteiger partial charge is 0.130 e. The van der Waals surface area contributed by atoms with Crippen LogP contribution in [-0.4, -0.2) is 49.2 Å². The second-order valence-corrected chi connectivity index (χ2v) is 9.51. The number of hydrogen-bond donors (Lipinski definition) is 4. The molecule has 2 heterocycles. The number of piperidine rings is 1. The van der Waals surface area contributed by atoms with E-state index in [1.165, 1.54) is 37.7 Å². The Labute approximate surface area is 203 Å². The van der Waals surface area contributed by atoms with Gasteiger partial charge in [-0.25, -0.2) is 4.99 Å². The fraction of sp³-hybridized carbons (Fsp3) is 0.429. The fourth-order valence-electron chi connectivity index (χ4n) is 4.56. The molecular weight excluding hydrogens is 420 g/mol. The highest BCUT2D eigenvalue weighted by Gasteiger charge is 2.17. The van der Waals surface area contributed by atoms with Crippen LogP contribution in [0.25, 0.3) is 5.70 Å². The molecule has 0 aromatic heterocycles. The highest BCUT2D eigenvalue weighted by molar-refractivity contribution is 5.98. The van der Waals surface area contributed by atoms with Crippen molar-refractivity contribution in [2.24, 2.45) is 16.6 Å². The first-order chi connectivity index (χ1) is 16.6. The zero-order valence-corrected chi connectivity index (χ0v) is 20.2. The van der Waals surface area contributed by atoms with Gasteiger partial charge in [0.05, 0.1) is 5.70 Å². The van der Waals surface area contributed by atoms with E-state index in [1.807, 2.05) is 18.2 Å². The molecule has 1 aliphatic carbocycles. The lowest BCUT2D eigenvalue weighted by atomic mass is 9.95. The van der Waals surface area contributed by atoms with Crippen LogP contribution in [0.3, 0.4) is 0 Å². The van der Waals surface area contributed by atoms with Gasteiger partial charge in [-0.15, -0.1) is 0 Å². The fourth-order valence-corrected chi connectivity index (χ4v) is 4.56. The van der Waals surface area contributed by atoms with E-state index in [2.05, 4.69) is 65.1 Å². The van der Waals surface area contributed by atoms with Crippen LogP contribution >= 0.6 is 0 Å². The summed E-state index contributed by atoms with van der Waals surface area (Å²) in [7, 11) is 2.20. The lowest BCUT2D eigenvalue weighted by Gasteiger charge is -2.29. The minimum absolute atomic E-state index is 0.0998. The van der Waals surface area contributed by atoms with Crippen LogP contribution in [0.2, 0.25) is 0 Å². The molecule has 1 saturated heterocycles. The van der Waals surface area contributed by atoms with Gasteiger partial charge < -0.3 is 26.7 Å². The lowest BCUT2D eigenvalue weighted by molar-refractivity contribution is 0.234. The van der Waals surface area contributed by atoms with Crippen molar-refractivity contribution in [1.82, 2.24) is 15.5 Å². The monoisotopic (exact) mass is 458 g/mol. The molecule has 5 N–H and O–H groups in total. The van der Waals surface area contributed by atoms with Crippen LogP contribution in [0.15, 0.2) is 71.4 Å². The SMILES string of the molecule is CN1CCC(NCc2cccc(C3=CCCCC=CC(NC4=CC(C=N)C(N)C=C4)=N3)c2)CC1. The minimum Gasteiger partial charge on any atom is -0.340 e. The van der Waals surface area contributed by atoms with Gasteiger partial charge in [0, 0.05) is 42.0 Å². The van der Waals surface area contributed by atoms with E-state index < -0.39 is 0 Å². The van der Waals surface area contributed by atoms with Crippen molar-refractivity contribution in [2.45, 2.75) is 50.7 Å². The van der Waals surface area contributed by atoms with E-state index in [0.29, 0.717) is 6.04 Å². The van der Waals surface area contributed by atoms with Crippen molar-refractivity contribution in [2.75, 3.05) is 20.1 Å². The Morgan fingerprint density at radius 2 is 2.06 bits per heavy atom. The van der Waals surface area contributed by atoms with Gasteiger partial charge >= 0.3 is 0 Å². The Hall–Kier alpha value is -2.80. The first kappa shape index (κ1) is 24.3.